The third kappa shape index (κ3) is 3.81. The van der Waals surface area contributed by atoms with Gasteiger partial charge in [-0.1, -0.05) is 0 Å². The zero-order valence-corrected chi connectivity index (χ0v) is 18.7. The van der Waals surface area contributed by atoms with Crippen LogP contribution in [0.25, 0.3) is 0 Å². The van der Waals surface area contributed by atoms with Crippen molar-refractivity contribution in [3.05, 3.63) is 84.9 Å². The molecule has 1 heterocycles. The third-order valence-corrected chi connectivity index (χ3v) is 9.33. The first kappa shape index (κ1) is 20.0. The molecule has 4 rings (SSSR count). The molecule has 6 heteroatoms. The molecule has 1 aliphatic heterocycles. The number of nitrogens with zero attached hydrogens (tertiary/aromatic N) is 1. The summed E-state index contributed by atoms with van der Waals surface area (Å²) in [5.41, 5.74) is 0.852. The maximum atomic E-state index is 13.1. The van der Waals surface area contributed by atoms with Gasteiger partial charge in [-0.25, -0.2) is 0 Å². The van der Waals surface area contributed by atoms with Crippen molar-refractivity contribution in [3.63, 3.8) is 0 Å². The Hall–Kier alpha value is -2.24. The number of amides is 1. The number of hydrogen-bond acceptors (Lipinski definition) is 4. The van der Waals surface area contributed by atoms with Crippen LogP contribution >= 0.6 is 11.8 Å². The Morgan fingerprint density at radius 2 is 1.52 bits per heavy atom. The van der Waals surface area contributed by atoms with Gasteiger partial charge >= 0.3 is 182 Å². The van der Waals surface area contributed by atoms with Crippen molar-refractivity contribution in [1.29, 1.82) is 0 Å². The molecule has 0 spiro atoms. The van der Waals surface area contributed by atoms with Gasteiger partial charge in [0, 0.05) is 0 Å². The van der Waals surface area contributed by atoms with Crippen LogP contribution in [0.4, 0.5) is 5.69 Å². The number of thioether (sulfide) groups is 1. The van der Waals surface area contributed by atoms with Crippen LogP contribution in [0.5, 0.6) is 5.75 Å². The number of β-lactam (4-membered cyclic amide) rings is 1. The standard InChI is InChI=1S/C23H21NO3SSe/c1-26-18-15-13-17(14-16-18)24-22(25)21(27-2)23(24,28-19-9-5-3-6-10-19)29-20-11-7-4-8-12-20/h3-16,21H,1-2H3. The fraction of sp³-hybridized carbons (Fsp3) is 0.174. The van der Waals surface area contributed by atoms with Crippen LogP contribution in [-0.2, 0) is 9.53 Å². The van der Waals surface area contributed by atoms with Crippen LogP contribution in [0.1, 0.15) is 0 Å². The van der Waals surface area contributed by atoms with Crippen LogP contribution in [0.3, 0.4) is 0 Å². The zero-order valence-electron chi connectivity index (χ0n) is 16.1. The molecule has 0 N–H and O–H groups in total. The van der Waals surface area contributed by atoms with E-state index in [1.807, 2.05) is 65.6 Å². The van der Waals surface area contributed by atoms with Crippen molar-refractivity contribution in [1.82, 2.24) is 0 Å². The van der Waals surface area contributed by atoms with E-state index in [2.05, 4.69) is 24.3 Å². The third-order valence-electron chi connectivity index (χ3n) is 4.67. The van der Waals surface area contributed by atoms with Gasteiger partial charge in [-0.2, -0.15) is 0 Å². The number of benzene rings is 3. The van der Waals surface area contributed by atoms with E-state index >= 15 is 0 Å². The quantitative estimate of drug-likeness (QED) is 0.391. The van der Waals surface area contributed by atoms with Gasteiger partial charge < -0.3 is 0 Å². The molecule has 29 heavy (non-hydrogen) atoms. The number of hydrogen-bond donors (Lipinski definition) is 0. The van der Waals surface area contributed by atoms with E-state index in [1.165, 1.54) is 4.46 Å². The molecule has 1 fully saturated rings. The van der Waals surface area contributed by atoms with Crippen molar-refractivity contribution in [2.75, 3.05) is 19.1 Å². The molecule has 0 saturated carbocycles. The van der Waals surface area contributed by atoms with Crippen LogP contribution < -0.4 is 14.1 Å². The van der Waals surface area contributed by atoms with Gasteiger partial charge in [0.1, 0.15) is 0 Å². The average Bonchev–Trinajstić information content (AvgIpc) is 2.76. The Morgan fingerprint density at radius 3 is 2.10 bits per heavy atom. The van der Waals surface area contributed by atoms with Gasteiger partial charge in [0.25, 0.3) is 0 Å². The summed E-state index contributed by atoms with van der Waals surface area (Å²) >= 11 is 1.65. The molecule has 2 unspecified atom stereocenters. The molecule has 0 aromatic heterocycles. The number of methoxy groups -OCH3 is 2. The van der Waals surface area contributed by atoms with Gasteiger partial charge in [-0.15, -0.1) is 0 Å². The van der Waals surface area contributed by atoms with E-state index in [9.17, 15) is 4.79 Å². The van der Waals surface area contributed by atoms with E-state index in [1.54, 1.807) is 26.0 Å². The van der Waals surface area contributed by atoms with Crippen LogP contribution in [-0.4, -0.2) is 45.0 Å². The summed E-state index contributed by atoms with van der Waals surface area (Å²) in [4.78, 5) is 16.1. The SMILES string of the molecule is COc1ccc(N2C(=O)C(OC)C2(Sc2ccccc2)[Se]c2ccccc2)cc1. The molecule has 1 saturated heterocycles. The van der Waals surface area contributed by atoms with Gasteiger partial charge in [0.15, 0.2) is 0 Å². The van der Waals surface area contributed by atoms with Gasteiger partial charge in [0.2, 0.25) is 0 Å². The van der Waals surface area contributed by atoms with Crippen LogP contribution in [0, 0.1) is 0 Å². The summed E-state index contributed by atoms with van der Waals surface area (Å²) in [5, 5.41) is 0. The fourth-order valence-electron chi connectivity index (χ4n) is 3.30. The monoisotopic (exact) mass is 471 g/mol. The van der Waals surface area contributed by atoms with Crippen molar-refractivity contribution >= 4 is 42.8 Å². The predicted molar refractivity (Wildman–Crippen MR) is 118 cm³/mol. The molecule has 0 bridgehead atoms. The molecule has 3 aromatic rings. The number of carbonyl (C=O) groups is 1. The molecule has 0 radical (unpaired) electrons. The van der Waals surface area contributed by atoms with Crippen LogP contribution in [0.2, 0.25) is 0 Å². The van der Waals surface area contributed by atoms with Gasteiger partial charge in [-0.3, -0.25) is 0 Å². The zero-order chi connectivity index (χ0) is 20.3. The minimum atomic E-state index is -0.518. The second-order valence-electron chi connectivity index (χ2n) is 6.45. The first-order chi connectivity index (χ1) is 14.2. The summed E-state index contributed by atoms with van der Waals surface area (Å²) in [6, 6.07) is 28.2. The molecule has 2 atom stereocenters. The van der Waals surface area contributed by atoms with Gasteiger partial charge in [0.05, 0.1) is 0 Å². The molecule has 0 aliphatic carbocycles. The minimum absolute atomic E-state index is 0.0149. The first-order valence-electron chi connectivity index (χ1n) is 9.17. The number of anilines is 1. The van der Waals surface area contributed by atoms with E-state index < -0.39 is 9.87 Å². The van der Waals surface area contributed by atoms with E-state index in [0.29, 0.717) is 0 Å². The summed E-state index contributed by atoms with van der Waals surface area (Å²) in [6.07, 6.45) is -0.505. The molecule has 1 aliphatic rings. The Bertz CT molecular complexity index is 925. The topological polar surface area (TPSA) is 38.8 Å². The van der Waals surface area contributed by atoms with E-state index in [0.717, 1.165) is 16.3 Å². The van der Waals surface area contributed by atoms with Crippen molar-refractivity contribution in [2.45, 2.75) is 14.8 Å². The maximum absolute atomic E-state index is 13.1. The van der Waals surface area contributed by atoms with E-state index in [4.69, 9.17) is 9.47 Å². The average molecular weight is 470 g/mol. The second kappa shape index (κ2) is 8.64. The Kier molecular flexibility index (Phi) is 5.97. The van der Waals surface area contributed by atoms with Gasteiger partial charge in [-0.05, 0) is 0 Å². The molecular formula is C23H21NO3SSe. The molecule has 4 nitrogen and oxygen atoms in total. The van der Waals surface area contributed by atoms with Crippen molar-refractivity contribution < 1.29 is 14.3 Å². The summed E-state index contributed by atoms with van der Waals surface area (Å²) < 4.78 is 11.7. The Balaban J connectivity index is 1.78. The van der Waals surface area contributed by atoms with Crippen LogP contribution in [0.15, 0.2) is 89.8 Å². The van der Waals surface area contributed by atoms with Crippen molar-refractivity contribution in [2.24, 2.45) is 0 Å². The molecule has 148 valence electrons. The predicted octanol–water partition coefficient (Wildman–Crippen LogP) is 3.53. The summed E-state index contributed by atoms with van der Waals surface area (Å²) in [6.45, 7) is 0. The molecule has 3 aromatic carbocycles. The fourth-order valence-corrected chi connectivity index (χ4v) is 8.49. The Labute approximate surface area is 181 Å². The molecule has 1 amide bonds. The summed E-state index contributed by atoms with van der Waals surface area (Å²) in [5.74, 6) is 0.749. The molecular weight excluding hydrogens is 449 g/mol. The van der Waals surface area contributed by atoms with E-state index in [-0.39, 0.29) is 20.9 Å². The first-order valence-corrected chi connectivity index (χ1v) is 11.7. The Morgan fingerprint density at radius 1 is 0.897 bits per heavy atom. The number of rotatable bonds is 7. The normalized spacial score (nSPS) is 21.0. The summed E-state index contributed by atoms with van der Waals surface area (Å²) in [7, 11) is 3.26. The number of carbonyl (C=O) groups excluding carboxylic acids is 1. The second-order valence-corrected chi connectivity index (χ2v) is 11.1. The number of ether oxygens (including phenoxy) is 2. The van der Waals surface area contributed by atoms with Crippen molar-refractivity contribution in [3.8, 4) is 5.75 Å².